The lowest BCUT2D eigenvalue weighted by Gasteiger charge is -2.31. The summed E-state index contributed by atoms with van der Waals surface area (Å²) >= 11 is 13.1. The number of aryl methyl sites for hydroxylation is 2. The van der Waals surface area contributed by atoms with Crippen LogP contribution in [-0.2, 0) is 35.5 Å². The molecule has 1 aromatic heterocycles. The minimum atomic E-state index is -0.454. The lowest BCUT2D eigenvalue weighted by Crippen LogP contribution is -2.38. The second kappa shape index (κ2) is 10.7. The number of hydrogen-bond acceptors (Lipinski definition) is 5. The number of fused-ring (bicyclic) bond motifs is 1. The van der Waals surface area contributed by atoms with Crippen molar-refractivity contribution in [1.29, 1.82) is 0 Å². The highest BCUT2D eigenvalue weighted by molar-refractivity contribution is 6.37. The predicted molar refractivity (Wildman–Crippen MR) is 135 cm³/mol. The fourth-order valence-electron chi connectivity index (χ4n) is 4.25. The first kappa shape index (κ1) is 25.0. The van der Waals surface area contributed by atoms with Gasteiger partial charge in [0, 0.05) is 22.8 Å². The van der Waals surface area contributed by atoms with Crippen LogP contribution in [0.15, 0.2) is 42.5 Å². The zero-order valence-corrected chi connectivity index (χ0v) is 21.4. The molecule has 0 aliphatic carbocycles. The second-order valence-electron chi connectivity index (χ2n) is 8.55. The second-order valence-corrected chi connectivity index (χ2v) is 9.34. The predicted octanol–water partition coefficient (Wildman–Crippen LogP) is 5.50. The van der Waals surface area contributed by atoms with Gasteiger partial charge < -0.3 is 14.4 Å². The highest BCUT2D eigenvalue weighted by Gasteiger charge is 2.31. The molecule has 0 saturated carbocycles. The lowest BCUT2D eigenvalue weighted by atomic mass is 9.94. The number of nitrogens with zero attached hydrogens (tertiary/aromatic N) is 2. The summed E-state index contributed by atoms with van der Waals surface area (Å²) in [4.78, 5) is 31.7. The number of carbonyl (C=O) groups is 2. The molecule has 0 atom stereocenters. The van der Waals surface area contributed by atoms with Crippen molar-refractivity contribution in [3.63, 3.8) is 0 Å². The van der Waals surface area contributed by atoms with Crippen molar-refractivity contribution in [2.75, 3.05) is 13.7 Å². The number of methoxy groups -OCH3 is 1. The molecule has 1 aliphatic heterocycles. The largest absolute Gasteiger partial charge is 0.473 e. The maximum absolute atomic E-state index is 13.6. The standard InChI is InChI=1S/C27H26Cl2N2O4/c1-16-11-17(2)30-26(35-15-18-7-5-4-6-8-18)21(16)14-31-10-9-20-22(28)12-19(13-23(32)34-3)25(29)24(20)27(31)33/h4-8,11-12H,9-10,13-15H2,1-3H3. The Hall–Kier alpha value is -3.09. The Labute approximate surface area is 214 Å². The first-order valence-electron chi connectivity index (χ1n) is 11.3. The van der Waals surface area contributed by atoms with Crippen LogP contribution < -0.4 is 4.74 Å². The Kier molecular flexibility index (Phi) is 7.63. The smallest absolute Gasteiger partial charge is 0.310 e. The van der Waals surface area contributed by atoms with Crippen LogP contribution in [0.1, 0.15) is 43.9 Å². The summed E-state index contributed by atoms with van der Waals surface area (Å²) in [5.41, 5.74) is 5.21. The maximum atomic E-state index is 13.6. The molecule has 0 unspecified atom stereocenters. The fourth-order valence-corrected chi connectivity index (χ4v) is 4.89. The molecule has 0 saturated heterocycles. The molecule has 3 aromatic rings. The monoisotopic (exact) mass is 512 g/mol. The van der Waals surface area contributed by atoms with Crippen LogP contribution in [0, 0.1) is 13.8 Å². The number of carbonyl (C=O) groups excluding carboxylic acids is 2. The van der Waals surface area contributed by atoms with E-state index in [1.165, 1.54) is 7.11 Å². The van der Waals surface area contributed by atoms with Crippen LogP contribution >= 0.6 is 23.2 Å². The number of rotatable bonds is 7. The molecule has 4 rings (SSSR count). The first-order valence-corrected chi connectivity index (χ1v) is 12.0. The molecule has 0 N–H and O–H groups in total. The number of ether oxygens (including phenoxy) is 2. The van der Waals surface area contributed by atoms with Crippen LogP contribution in [0.3, 0.4) is 0 Å². The van der Waals surface area contributed by atoms with Crippen molar-refractivity contribution in [3.05, 3.63) is 91.6 Å². The van der Waals surface area contributed by atoms with Gasteiger partial charge in [0.05, 0.1) is 30.7 Å². The van der Waals surface area contributed by atoms with Crippen molar-refractivity contribution < 1.29 is 19.1 Å². The molecule has 0 spiro atoms. The number of pyridine rings is 1. The number of amides is 1. The van der Waals surface area contributed by atoms with Gasteiger partial charge in [0.25, 0.3) is 5.91 Å². The molecular weight excluding hydrogens is 487 g/mol. The summed E-state index contributed by atoms with van der Waals surface area (Å²) in [6.07, 6.45) is 0.491. The van der Waals surface area contributed by atoms with E-state index in [9.17, 15) is 9.59 Å². The molecule has 6 nitrogen and oxygen atoms in total. The average molecular weight is 513 g/mol. The molecule has 1 amide bonds. The van der Waals surface area contributed by atoms with E-state index in [1.54, 1.807) is 11.0 Å². The number of hydrogen-bond donors (Lipinski definition) is 0. The Morgan fingerprint density at radius 1 is 1.14 bits per heavy atom. The fraction of sp³-hybridized carbons (Fsp3) is 0.296. The van der Waals surface area contributed by atoms with Crippen LogP contribution in [0.25, 0.3) is 0 Å². The van der Waals surface area contributed by atoms with Crippen LogP contribution in [0.4, 0.5) is 0 Å². The minimum absolute atomic E-state index is 0.0614. The van der Waals surface area contributed by atoms with Gasteiger partial charge in [0.2, 0.25) is 5.88 Å². The summed E-state index contributed by atoms with van der Waals surface area (Å²) in [7, 11) is 1.30. The van der Waals surface area contributed by atoms with E-state index in [-0.39, 0.29) is 17.4 Å². The van der Waals surface area contributed by atoms with Crippen molar-refractivity contribution in [2.24, 2.45) is 0 Å². The van der Waals surface area contributed by atoms with E-state index >= 15 is 0 Å². The average Bonchev–Trinajstić information content (AvgIpc) is 2.84. The van der Waals surface area contributed by atoms with Gasteiger partial charge in [-0.15, -0.1) is 0 Å². The summed E-state index contributed by atoms with van der Waals surface area (Å²) < 4.78 is 10.9. The Morgan fingerprint density at radius 3 is 2.60 bits per heavy atom. The van der Waals surface area contributed by atoms with E-state index in [0.717, 1.165) is 22.4 Å². The zero-order valence-electron chi connectivity index (χ0n) is 19.9. The molecule has 1 aliphatic rings. The normalized spacial score (nSPS) is 12.9. The van der Waals surface area contributed by atoms with E-state index in [2.05, 4.69) is 4.98 Å². The molecule has 2 heterocycles. The van der Waals surface area contributed by atoms with Crippen molar-refractivity contribution in [2.45, 2.75) is 39.8 Å². The molecule has 182 valence electrons. The number of halogens is 2. The van der Waals surface area contributed by atoms with Crippen molar-refractivity contribution >= 4 is 35.1 Å². The van der Waals surface area contributed by atoms with E-state index in [0.29, 0.717) is 53.7 Å². The van der Waals surface area contributed by atoms with Gasteiger partial charge >= 0.3 is 5.97 Å². The molecule has 2 aromatic carbocycles. The summed E-state index contributed by atoms with van der Waals surface area (Å²) in [6, 6.07) is 13.5. The summed E-state index contributed by atoms with van der Waals surface area (Å²) in [6.45, 7) is 5.07. The third kappa shape index (κ3) is 5.44. The van der Waals surface area contributed by atoms with Gasteiger partial charge in [0.1, 0.15) is 6.61 Å². The van der Waals surface area contributed by atoms with E-state index < -0.39 is 5.97 Å². The van der Waals surface area contributed by atoms with Gasteiger partial charge in [-0.05, 0) is 54.7 Å². The summed E-state index contributed by atoms with van der Waals surface area (Å²) in [5.74, 6) is -0.183. The molecule has 0 bridgehead atoms. The molecule has 0 radical (unpaired) electrons. The van der Waals surface area contributed by atoms with Crippen molar-refractivity contribution in [3.8, 4) is 5.88 Å². The number of benzene rings is 2. The molecular formula is C27H26Cl2N2O4. The quantitative estimate of drug-likeness (QED) is 0.391. The Morgan fingerprint density at radius 2 is 1.89 bits per heavy atom. The van der Waals surface area contributed by atoms with Crippen molar-refractivity contribution in [1.82, 2.24) is 9.88 Å². The Balaban J connectivity index is 1.63. The maximum Gasteiger partial charge on any atom is 0.310 e. The first-order chi connectivity index (χ1) is 16.8. The SMILES string of the molecule is COC(=O)Cc1cc(Cl)c2c(c1Cl)C(=O)N(Cc1c(C)cc(C)nc1OCc1ccccc1)CC2. The number of aromatic nitrogens is 1. The molecule has 0 fully saturated rings. The Bertz CT molecular complexity index is 1280. The minimum Gasteiger partial charge on any atom is -0.473 e. The van der Waals surface area contributed by atoms with Gasteiger partial charge in [-0.2, -0.15) is 0 Å². The van der Waals surface area contributed by atoms with E-state index in [4.69, 9.17) is 32.7 Å². The molecule has 8 heteroatoms. The highest BCUT2D eigenvalue weighted by atomic mass is 35.5. The van der Waals surface area contributed by atoms with Gasteiger partial charge in [0.15, 0.2) is 0 Å². The lowest BCUT2D eigenvalue weighted by molar-refractivity contribution is -0.139. The zero-order chi connectivity index (χ0) is 25.1. The molecule has 35 heavy (non-hydrogen) atoms. The van der Waals surface area contributed by atoms with Crippen LogP contribution in [0.5, 0.6) is 5.88 Å². The number of esters is 1. The van der Waals surface area contributed by atoms with Gasteiger partial charge in [-0.25, -0.2) is 4.98 Å². The van der Waals surface area contributed by atoms with Gasteiger partial charge in [-0.1, -0.05) is 53.5 Å². The van der Waals surface area contributed by atoms with E-state index in [1.807, 2.05) is 50.2 Å². The summed E-state index contributed by atoms with van der Waals surface area (Å²) in [5, 5.41) is 0.667. The van der Waals surface area contributed by atoms with Crippen LogP contribution in [0.2, 0.25) is 10.0 Å². The third-order valence-electron chi connectivity index (χ3n) is 6.09. The third-order valence-corrected chi connectivity index (χ3v) is 6.86. The highest BCUT2D eigenvalue weighted by Crippen LogP contribution is 2.36. The van der Waals surface area contributed by atoms with Gasteiger partial charge in [-0.3, -0.25) is 9.59 Å². The topological polar surface area (TPSA) is 68.7 Å². The van der Waals surface area contributed by atoms with Crippen LogP contribution in [-0.4, -0.2) is 35.4 Å².